The number of carbonyl (C=O) groups is 2. The third-order valence-electron chi connectivity index (χ3n) is 5.11. The molecule has 20 heavy (non-hydrogen) atoms. The fourth-order valence-electron chi connectivity index (χ4n) is 3.92. The maximum Gasteiger partial charge on any atom is 0.225 e. The zero-order valence-electron chi connectivity index (χ0n) is 12.2. The molecular weight excluding hydrogens is 254 g/mol. The molecule has 0 aromatic carbocycles. The molecule has 4 unspecified atom stereocenters. The van der Waals surface area contributed by atoms with Crippen LogP contribution in [0.15, 0.2) is 0 Å². The highest BCUT2D eigenvalue weighted by Gasteiger charge is 2.37. The van der Waals surface area contributed by atoms with Crippen molar-refractivity contribution in [3.63, 3.8) is 0 Å². The lowest BCUT2D eigenvalue weighted by atomic mass is 9.84. The molecular formula is C15H25N3O2. The Labute approximate surface area is 120 Å². The molecule has 2 amide bonds. The van der Waals surface area contributed by atoms with Gasteiger partial charge in [-0.2, -0.15) is 0 Å². The van der Waals surface area contributed by atoms with Gasteiger partial charge in [0.25, 0.3) is 0 Å². The molecule has 0 aromatic heterocycles. The summed E-state index contributed by atoms with van der Waals surface area (Å²) in [6.45, 7) is 4.75. The van der Waals surface area contributed by atoms with Crippen LogP contribution in [0.25, 0.3) is 0 Å². The number of hydrogen-bond donors (Lipinski definition) is 2. The van der Waals surface area contributed by atoms with Gasteiger partial charge >= 0.3 is 0 Å². The summed E-state index contributed by atoms with van der Waals surface area (Å²) in [6.07, 6.45) is 4.39. The lowest BCUT2D eigenvalue weighted by Crippen LogP contribution is -2.56. The van der Waals surface area contributed by atoms with Crippen LogP contribution in [-0.4, -0.2) is 48.4 Å². The molecule has 3 fully saturated rings. The Bertz CT molecular complexity index is 399. The average molecular weight is 279 g/mol. The van der Waals surface area contributed by atoms with Gasteiger partial charge in [0.2, 0.25) is 11.8 Å². The molecule has 0 spiro atoms. The number of carbonyl (C=O) groups excluding carboxylic acids is 2. The molecule has 3 heterocycles. The quantitative estimate of drug-likeness (QED) is 0.735. The third-order valence-corrected chi connectivity index (χ3v) is 5.11. The predicted octanol–water partition coefficient (Wildman–Crippen LogP) is 0.502. The van der Waals surface area contributed by atoms with Crippen molar-refractivity contribution in [2.45, 2.75) is 51.1 Å². The van der Waals surface area contributed by atoms with Gasteiger partial charge in [-0.15, -0.1) is 0 Å². The molecule has 2 N–H and O–H groups in total. The van der Waals surface area contributed by atoms with Crippen molar-refractivity contribution in [3.8, 4) is 0 Å². The minimum Gasteiger partial charge on any atom is -0.353 e. The number of likely N-dealkylation sites (tertiary alicyclic amines) is 1. The van der Waals surface area contributed by atoms with Crippen molar-refractivity contribution in [3.05, 3.63) is 0 Å². The number of nitrogens with zero attached hydrogens (tertiary/aromatic N) is 1. The van der Waals surface area contributed by atoms with Crippen LogP contribution in [-0.2, 0) is 9.59 Å². The van der Waals surface area contributed by atoms with Crippen molar-refractivity contribution in [2.75, 3.05) is 19.6 Å². The van der Waals surface area contributed by atoms with Gasteiger partial charge in [-0.1, -0.05) is 0 Å². The van der Waals surface area contributed by atoms with E-state index in [0.717, 1.165) is 45.3 Å². The Morgan fingerprint density at radius 1 is 1.30 bits per heavy atom. The van der Waals surface area contributed by atoms with Crippen LogP contribution < -0.4 is 10.6 Å². The minimum absolute atomic E-state index is 0.179. The molecule has 0 bridgehead atoms. The third kappa shape index (κ3) is 2.82. The van der Waals surface area contributed by atoms with E-state index in [0.29, 0.717) is 30.3 Å². The van der Waals surface area contributed by atoms with E-state index in [2.05, 4.69) is 22.5 Å². The van der Waals surface area contributed by atoms with Gasteiger partial charge in [0.05, 0.1) is 0 Å². The van der Waals surface area contributed by atoms with E-state index in [-0.39, 0.29) is 11.8 Å². The zero-order valence-corrected chi connectivity index (χ0v) is 12.2. The summed E-state index contributed by atoms with van der Waals surface area (Å²) in [7, 11) is 0. The predicted molar refractivity (Wildman–Crippen MR) is 76.0 cm³/mol. The van der Waals surface area contributed by atoms with Crippen molar-refractivity contribution >= 4 is 11.8 Å². The standard InChI is InChI=1S/C15H25N3O2/c1-10-8-11(4-6-16-10)15(20)18-7-5-13-12(9-18)2-3-14(19)17-13/h10-13,16H,2-9H2,1H3,(H,17,19). The number of amides is 2. The van der Waals surface area contributed by atoms with E-state index >= 15 is 0 Å². The normalized spacial score (nSPS) is 38.0. The second-order valence-corrected chi connectivity index (χ2v) is 6.62. The van der Waals surface area contributed by atoms with Crippen LogP contribution in [0.2, 0.25) is 0 Å². The summed E-state index contributed by atoms with van der Waals surface area (Å²) in [5.41, 5.74) is 0. The first kappa shape index (κ1) is 13.9. The topological polar surface area (TPSA) is 61.4 Å². The van der Waals surface area contributed by atoms with E-state index in [4.69, 9.17) is 0 Å². The minimum atomic E-state index is 0.179. The number of nitrogens with one attached hydrogen (secondary N) is 2. The Hall–Kier alpha value is -1.10. The van der Waals surface area contributed by atoms with E-state index in [1.807, 2.05) is 0 Å². The maximum absolute atomic E-state index is 12.6. The van der Waals surface area contributed by atoms with E-state index in [9.17, 15) is 9.59 Å². The SMILES string of the molecule is CC1CC(C(=O)N2CCC3NC(=O)CCC3C2)CCN1. The Kier molecular flexibility index (Phi) is 3.96. The summed E-state index contributed by atoms with van der Waals surface area (Å²) in [6, 6.07) is 0.747. The highest BCUT2D eigenvalue weighted by Crippen LogP contribution is 2.28. The first-order chi connectivity index (χ1) is 9.63. The van der Waals surface area contributed by atoms with E-state index < -0.39 is 0 Å². The smallest absolute Gasteiger partial charge is 0.225 e. The van der Waals surface area contributed by atoms with Crippen LogP contribution in [0.5, 0.6) is 0 Å². The van der Waals surface area contributed by atoms with E-state index in [1.165, 1.54) is 0 Å². The number of piperidine rings is 3. The van der Waals surface area contributed by atoms with Crippen LogP contribution in [0.3, 0.4) is 0 Å². The van der Waals surface area contributed by atoms with Crippen LogP contribution in [0.1, 0.15) is 39.0 Å². The molecule has 3 saturated heterocycles. The molecule has 112 valence electrons. The largest absolute Gasteiger partial charge is 0.353 e. The molecule has 0 radical (unpaired) electrons. The number of rotatable bonds is 1. The zero-order chi connectivity index (χ0) is 14.1. The van der Waals surface area contributed by atoms with Crippen LogP contribution >= 0.6 is 0 Å². The Morgan fingerprint density at radius 3 is 2.95 bits per heavy atom. The van der Waals surface area contributed by atoms with Gasteiger partial charge in [0.1, 0.15) is 0 Å². The van der Waals surface area contributed by atoms with Crippen molar-refractivity contribution in [1.29, 1.82) is 0 Å². The number of hydrogen-bond acceptors (Lipinski definition) is 3. The van der Waals surface area contributed by atoms with Crippen molar-refractivity contribution in [2.24, 2.45) is 11.8 Å². The molecule has 3 rings (SSSR count). The monoisotopic (exact) mass is 279 g/mol. The molecule has 3 aliphatic rings. The molecule has 5 nitrogen and oxygen atoms in total. The fraction of sp³-hybridized carbons (Fsp3) is 0.867. The summed E-state index contributed by atoms with van der Waals surface area (Å²) in [4.78, 5) is 26.1. The lowest BCUT2D eigenvalue weighted by molar-refractivity contribution is -0.140. The second-order valence-electron chi connectivity index (χ2n) is 6.62. The molecule has 0 aromatic rings. The first-order valence-corrected chi connectivity index (χ1v) is 7.95. The van der Waals surface area contributed by atoms with Crippen molar-refractivity contribution < 1.29 is 9.59 Å². The van der Waals surface area contributed by atoms with Gasteiger partial charge in [0, 0.05) is 37.5 Å². The summed E-state index contributed by atoms with van der Waals surface area (Å²) < 4.78 is 0. The van der Waals surface area contributed by atoms with Gasteiger partial charge in [0.15, 0.2) is 0 Å². The number of fused-ring (bicyclic) bond motifs is 1. The molecule has 5 heteroatoms. The molecule has 4 atom stereocenters. The maximum atomic E-state index is 12.6. The highest BCUT2D eigenvalue weighted by molar-refractivity contribution is 5.80. The van der Waals surface area contributed by atoms with Gasteiger partial charge in [-0.3, -0.25) is 9.59 Å². The van der Waals surface area contributed by atoms with Crippen molar-refractivity contribution in [1.82, 2.24) is 15.5 Å². The summed E-state index contributed by atoms with van der Waals surface area (Å²) >= 11 is 0. The first-order valence-electron chi connectivity index (χ1n) is 7.95. The Balaban J connectivity index is 1.58. The molecule has 0 saturated carbocycles. The summed E-state index contributed by atoms with van der Waals surface area (Å²) in [5.74, 6) is 1.18. The van der Waals surface area contributed by atoms with Gasteiger partial charge < -0.3 is 15.5 Å². The second kappa shape index (κ2) is 5.72. The summed E-state index contributed by atoms with van der Waals surface area (Å²) in [5, 5.41) is 6.48. The van der Waals surface area contributed by atoms with Gasteiger partial charge in [-0.05, 0) is 45.1 Å². The van der Waals surface area contributed by atoms with Gasteiger partial charge in [-0.25, -0.2) is 0 Å². The lowest BCUT2D eigenvalue weighted by Gasteiger charge is -2.43. The van der Waals surface area contributed by atoms with Crippen LogP contribution in [0.4, 0.5) is 0 Å². The highest BCUT2D eigenvalue weighted by atomic mass is 16.2. The molecule has 0 aliphatic carbocycles. The molecule has 3 aliphatic heterocycles. The fourth-order valence-corrected chi connectivity index (χ4v) is 3.92. The average Bonchev–Trinajstić information content (AvgIpc) is 2.46. The Morgan fingerprint density at radius 2 is 2.15 bits per heavy atom. The van der Waals surface area contributed by atoms with E-state index in [1.54, 1.807) is 0 Å². The van der Waals surface area contributed by atoms with Crippen LogP contribution in [0, 0.1) is 11.8 Å².